The Labute approximate surface area is 79.1 Å². The van der Waals surface area contributed by atoms with Gasteiger partial charge in [-0.15, -0.1) is 0 Å². The summed E-state index contributed by atoms with van der Waals surface area (Å²) in [6.07, 6.45) is 0. The molecule has 2 heteroatoms. The van der Waals surface area contributed by atoms with E-state index < -0.39 is 0 Å². The topological polar surface area (TPSA) is 38.0 Å². The van der Waals surface area contributed by atoms with Crippen molar-refractivity contribution in [3.05, 3.63) is 29.3 Å². The van der Waals surface area contributed by atoms with Crippen molar-refractivity contribution in [2.45, 2.75) is 6.92 Å². The third-order valence-corrected chi connectivity index (χ3v) is 1.70. The van der Waals surface area contributed by atoms with E-state index in [1.54, 1.807) is 0 Å². The van der Waals surface area contributed by atoms with Gasteiger partial charge in [0.25, 0.3) is 0 Å². The first-order valence-electron chi connectivity index (χ1n) is 4.23. The zero-order chi connectivity index (χ0) is 9.68. The van der Waals surface area contributed by atoms with E-state index >= 15 is 0 Å². The molecule has 0 aliphatic rings. The lowest BCUT2D eigenvalue weighted by molar-refractivity contribution is 0.938. The fourth-order valence-electron chi connectivity index (χ4n) is 1.02. The van der Waals surface area contributed by atoms with Gasteiger partial charge in [0.15, 0.2) is 0 Å². The van der Waals surface area contributed by atoms with Crippen LogP contribution in [0.15, 0.2) is 18.2 Å². The number of hydrogen-bond donors (Lipinski definition) is 2. The van der Waals surface area contributed by atoms with Crippen molar-refractivity contribution in [1.29, 1.82) is 0 Å². The first-order chi connectivity index (χ1) is 6.24. The fourth-order valence-corrected chi connectivity index (χ4v) is 1.02. The highest BCUT2D eigenvalue weighted by Crippen LogP contribution is 2.11. The molecule has 2 nitrogen and oxygen atoms in total. The summed E-state index contributed by atoms with van der Waals surface area (Å²) in [5.41, 5.74) is 8.60. The molecule has 0 amide bonds. The molecule has 0 heterocycles. The van der Waals surface area contributed by atoms with Crippen molar-refractivity contribution in [2.24, 2.45) is 0 Å². The van der Waals surface area contributed by atoms with E-state index in [1.165, 1.54) is 0 Å². The molecule has 0 bridgehead atoms. The molecule has 0 saturated carbocycles. The van der Waals surface area contributed by atoms with Gasteiger partial charge in [0, 0.05) is 11.3 Å². The van der Waals surface area contributed by atoms with Gasteiger partial charge in [-0.05, 0) is 31.7 Å². The maximum atomic E-state index is 5.78. The average Bonchev–Trinajstić information content (AvgIpc) is 2.09. The Morgan fingerprint density at radius 2 is 2.23 bits per heavy atom. The van der Waals surface area contributed by atoms with Crippen molar-refractivity contribution >= 4 is 5.69 Å². The number of aryl methyl sites for hydroxylation is 1. The lowest BCUT2D eigenvalue weighted by Crippen LogP contribution is -2.04. The normalized spacial score (nSPS) is 9.08. The van der Waals surface area contributed by atoms with Crippen LogP contribution in [0.5, 0.6) is 0 Å². The predicted octanol–water partition coefficient (Wildman–Crippen LogP) is 1.15. The lowest BCUT2D eigenvalue weighted by atomic mass is 10.1. The summed E-state index contributed by atoms with van der Waals surface area (Å²) in [5, 5.41) is 2.95. The second-order valence-electron chi connectivity index (χ2n) is 2.92. The van der Waals surface area contributed by atoms with Crippen molar-refractivity contribution in [1.82, 2.24) is 5.32 Å². The van der Waals surface area contributed by atoms with Gasteiger partial charge < -0.3 is 11.1 Å². The van der Waals surface area contributed by atoms with Crippen molar-refractivity contribution in [3.8, 4) is 11.8 Å². The number of hydrogen-bond acceptors (Lipinski definition) is 2. The lowest BCUT2D eigenvalue weighted by Gasteiger charge is -1.98. The van der Waals surface area contributed by atoms with Gasteiger partial charge in [-0.25, -0.2) is 0 Å². The second-order valence-corrected chi connectivity index (χ2v) is 2.92. The van der Waals surface area contributed by atoms with Crippen LogP contribution in [-0.4, -0.2) is 13.6 Å². The van der Waals surface area contributed by atoms with Crippen LogP contribution in [0.4, 0.5) is 5.69 Å². The largest absolute Gasteiger partial charge is 0.398 e. The summed E-state index contributed by atoms with van der Waals surface area (Å²) < 4.78 is 0. The highest BCUT2D eigenvalue weighted by molar-refractivity contribution is 5.57. The minimum Gasteiger partial charge on any atom is -0.398 e. The van der Waals surface area contributed by atoms with Crippen LogP contribution in [0.3, 0.4) is 0 Å². The maximum absolute atomic E-state index is 5.78. The van der Waals surface area contributed by atoms with Crippen molar-refractivity contribution in [2.75, 3.05) is 19.3 Å². The molecule has 1 aromatic rings. The van der Waals surface area contributed by atoms with Gasteiger partial charge in [-0.2, -0.15) is 0 Å². The van der Waals surface area contributed by atoms with E-state index in [0.29, 0.717) is 6.54 Å². The second kappa shape index (κ2) is 4.54. The van der Waals surface area contributed by atoms with E-state index in [-0.39, 0.29) is 0 Å². The van der Waals surface area contributed by atoms with Crippen LogP contribution >= 0.6 is 0 Å². The van der Waals surface area contributed by atoms with Gasteiger partial charge in [0.1, 0.15) is 0 Å². The Balaban J connectivity index is 2.85. The van der Waals surface area contributed by atoms with Gasteiger partial charge in [0.05, 0.1) is 6.54 Å². The highest BCUT2D eigenvalue weighted by Gasteiger charge is 1.93. The van der Waals surface area contributed by atoms with E-state index in [9.17, 15) is 0 Å². The van der Waals surface area contributed by atoms with Crippen LogP contribution < -0.4 is 11.1 Å². The summed E-state index contributed by atoms with van der Waals surface area (Å²) in [5.74, 6) is 5.97. The molecule has 0 unspecified atom stereocenters. The van der Waals surface area contributed by atoms with Gasteiger partial charge in [-0.3, -0.25) is 0 Å². The van der Waals surface area contributed by atoms with Crippen LogP contribution in [0.25, 0.3) is 0 Å². The summed E-state index contributed by atoms with van der Waals surface area (Å²) in [6, 6.07) is 5.90. The third-order valence-electron chi connectivity index (χ3n) is 1.70. The quantitative estimate of drug-likeness (QED) is 0.495. The zero-order valence-corrected chi connectivity index (χ0v) is 8.02. The highest BCUT2D eigenvalue weighted by atomic mass is 14.8. The Bertz CT molecular complexity index is 345. The molecule has 68 valence electrons. The molecule has 0 aliphatic heterocycles. The van der Waals surface area contributed by atoms with Gasteiger partial charge in [-0.1, -0.05) is 17.9 Å². The first-order valence-corrected chi connectivity index (χ1v) is 4.23. The zero-order valence-electron chi connectivity index (χ0n) is 8.02. The number of nitrogens with one attached hydrogen (secondary N) is 1. The van der Waals surface area contributed by atoms with Crippen molar-refractivity contribution < 1.29 is 0 Å². The van der Waals surface area contributed by atoms with Crippen molar-refractivity contribution in [3.63, 3.8) is 0 Å². The number of benzene rings is 1. The molecular formula is C11H14N2. The Morgan fingerprint density at radius 3 is 2.85 bits per heavy atom. The number of nitrogen functional groups attached to an aromatic ring is 1. The maximum Gasteiger partial charge on any atom is 0.0577 e. The summed E-state index contributed by atoms with van der Waals surface area (Å²) >= 11 is 0. The van der Waals surface area contributed by atoms with Crippen LogP contribution in [0, 0.1) is 18.8 Å². The van der Waals surface area contributed by atoms with Crippen LogP contribution in [0.1, 0.15) is 11.1 Å². The molecule has 0 radical (unpaired) electrons. The molecular weight excluding hydrogens is 160 g/mol. The average molecular weight is 174 g/mol. The predicted molar refractivity (Wildman–Crippen MR) is 56.4 cm³/mol. The Hall–Kier alpha value is -1.46. The van der Waals surface area contributed by atoms with E-state index in [4.69, 9.17) is 5.73 Å². The Kier molecular flexibility index (Phi) is 3.36. The van der Waals surface area contributed by atoms with Gasteiger partial charge in [0.2, 0.25) is 0 Å². The minimum atomic E-state index is 0.688. The van der Waals surface area contributed by atoms with E-state index in [1.807, 2.05) is 32.2 Å². The summed E-state index contributed by atoms with van der Waals surface area (Å²) in [4.78, 5) is 0. The molecule has 0 fully saturated rings. The SMILES string of the molecule is CNCC#Cc1ccc(C)cc1N. The number of anilines is 1. The van der Waals surface area contributed by atoms with Crippen LogP contribution in [0.2, 0.25) is 0 Å². The van der Waals surface area contributed by atoms with E-state index in [2.05, 4.69) is 17.2 Å². The fraction of sp³-hybridized carbons (Fsp3) is 0.273. The Morgan fingerprint density at radius 1 is 1.46 bits per heavy atom. The molecule has 1 aromatic carbocycles. The standard InChI is InChI=1S/C11H14N2/c1-9-5-6-10(11(12)8-9)4-3-7-13-2/h5-6,8,13H,7,12H2,1-2H3. The summed E-state index contributed by atoms with van der Waals surface area (Å²) in [7, 11) is 1.87. The molecule has 1 rings (SSSR count). The van der Waals surface area contributed by atoms with E-state index in [0.717, 1.165) is 16.8 Å². The van der Waals surface area contributed by atoms with Gasteiger partial charge >= 0.3 is 0 Å². The first kappa shape index (κ1) is 9.63. The third kappa shape index (κ3) is 2.81. The molecule has 0 aromatic heterocycles. The molecule has 0 spiro atoms. The smallest absolute Gasteiger partial charge is 0.0577 e. The summed E-state index contributed by atoms with van der Waals surface area (Å²) in [6.45, 7) is 2.70. The number of nitrogens with two attached hydrogens (primary N) is 1. The molecule has 0 saturated heterocycles. The van der Waals surface area contributed by atoms with Crippen LogP contribution in [-0.2, 0) is 0 Å². The number of rotatable bonds is 1. The monoisotopic (exact) mass is 174 g/mol. The molecule has 0 atom stereocenters. The minimum absolute atomic E-state index is 0.688. The molecule has 13 heavy (non-hydrogen) atoms. The molecule has 0 aliphatic carbocycles. The molecule has 3 N–H and O–H groups in total.